The van der Waals surface area contributed by atoms with E-state index in [0.717, 1.165) is 30.6 Å². The van der Waals surface area contributed by atoms with Crippen LogP contribution in [0.2, 0.25) is 5.02 Å². The molecule has 184 valence electrons. The summed E-state index contributed by atoms with van der Waals surface area (Å²) in [6, 6.07) is 9.60. The van der Waals surface area contributed by atoms with Crippen molar-refractivity contribution in [2.75, 3.05) is 25.0 Å². The lowest BCUT2D eigenvalue weighted by atomic mass is 10.2. The Labute approximate surface area is 210 Å². The van der Waals surface area contributed by atoms with Gasteiger partial charge in [-0.05, 0) is 55.3 Å². The zero-order chi connectivity index (χ0) is 25.0. The Morgan fingerprint density at radius 1 is 1.11 bits per heavy atom. The van der Waals surface area contributed by atoms with Crippen LogP contribution in [0.15, 0.2) is 52.7 Å². The number of hydrogen-bond acceptors (Lipinski definition) is 7. The number of thiazole rings is 1. The molecule has 1 aliphatic heterocycles. The average Bonchev–Trinajstić information content (AvgIpc) is 3.32. The number of rotatable bonds is 7. The number of piperidine rings is 1. The van der Waals surface area contributed by atoms with Crippen LogP contribution < -0.4 is 5.32 Å². The summed E-state index contributed by atoms with van der Waals surface area (Å²) in [6.07, 6.45) is 2.49. The molecule has 1 amide bonds. The van der Waals surface area contributed by atoms with Crippen LogP contribution in [0, 0.1) is 5.82 Å². The number of carbonyl (C=O) groups is 2. The smallest absolute Gasteiger partial charge is 0.338 e. The molecule has 1 N–H and O–H groups in total. The predicted molar refractivity (Wildman–Crippen MR) is 130 cm³/mol. The monoisotopic (exact) mass is 537 g/mol. The maximum atomic E-state index is 13.1. The van der Waals surface area contributed by atoms with E-state index in [9.17, 15) is 22.4 Å². The Morgan fingerprint density at radius 3 is 2.54 bits per heavy atom. The molecule has 1 fully saturated rings. The molecule has 0 spiro atoms. The fourth-order valence-electron chi connectivity index (χ4n) is 3.53. The number of anilines is 1. The van der Waals surface area contributed by atoms with Crippen molar-refractivity contribution >= 4 is 50.0 Å². The summed E-state index contributed by atoms with van der Waals surface area (Å²) in [5.74, 6) is -1.84. The molecule has 35 heavy (non-hydrogen) atoms. The molecule has 0 unspecified atom stereocenters. The van der Waals surface area contributed by atoms with E-state index in [1.165, 1.54) is 34.6 Å². The van der Waals surface area contributed by atoms with Gasteiger partial charge in [-0.25, -0.2) is 22.6 Å². The van der Waals surface area contributed by atoms with Gasteiger partial charge in [0.1, 0.15) is 10.7 Å². The minimum Gasteiger partial charge on any atom is -0.452 e. The molecule has 1 saturated heterocycles. The molecular weight excluding hydrogens is 517 g/mol. The van der Waals surface area contributed by atoms with E-state index < -0.39 is 28.5 Å². The van der Waals surface area contributed by atoms with E-state index in [0.29, 0.717) is 24.3 Å². The minimum absolute atomic E-state index is 0.00518. The summed E-state index contributed by atoms with van der Waals surface area (Å²) in [5, 5.41) is 4.52. The number of halogens is 2. The highest BCUT2D eigenvalue weighted by Crippen LogP contribution is 2.28. The molecular formula is C23H21ClFN3O5S2. The summed E-state index contributed by atoms with van der Waals surface area (Å²) < 4.78 is 45.4. The van der Waals surface area contributed by atoms with Crippen molar-refractivity contribution in [3.8, 4) is 11.3 Å². The Morgan fingerprint density at radius 2 is 1.83 bits per heavy atom. The summed E-state index contributed by atoms with van der Waals surface area (Å²) >= 11 is 7.29. The van der Waals surface area contributed by atoms with Gasteiger partial charge >= 0.3 is 5.97 Å². The van der Waals surface area contributed by atoms with Gasteiger partial charge in [0.2, 0.25) is 10.0 Å². The van der Waals surface area contributed by atoms with Crippen molar-refractivity contribution in [1.82, 2.24) is 9.29 Å². The number of ether oxygens (including phenoxy) is 1. The lowest BCUT2D eigenvalue weighted by Gasteiger charge is -2.26. The summed E-state index contributed by atoms with van der Waals surface area (Å²) in [4.78, 5) is 28.8. The molecule has 0 aliphatic carbocycles. The number of carbonyl (C=O) groups excluding carboxylic acids is 2. The Kier molecular flexibility index (Phi) is 7.80. The minimum atomic E-state index is -3.86. The van der Waals surface area contributed by atoms with Gasteiger partial charge in [-0.15, -0.1) is 11.3 Å². The van der Waals surface area contributed by atoms with Crippen molar-refractivity contribution < 1.29 is 27.1 Å². The van der Waals surface area contributed by atoms with Gasteiger partial charge < -0.3 is 4.74 Å². The van der Waals surface area contributed by atoms with Crippen LogP contribution in [0.1, 0.15) is 29.6 Å². The van der Waals surface area contributed by atoms with Crippen LogP contribution in [-0.4, -0.2) is 49.3 Å². The summed E-state index contributed by atoms with van der Waals surface area (Å²) in [5.41, 5.74) is 1.21. The van der Waals surface area contributed by atoms with E-state index >= 15 is 0 Å². The van der Waals surface area contributed by atoms with Crippen LogP contribution in [0.25, 0.3) is 11.3 Å². The number of amides is 1. The van der Waals surface area contributed by atoms with E-state index in [4.69, 9.17) is 16.3 Å². The molecule has 0 saturated carbocycles. The van der Waals surface area contributed by atoms with Gasteiger partial charge in [-0.1, -0.05) is 18.0 Å². The normalized spacial score (nSPS) is 14.5. The van der Waals surface area contributed by atoms with E-state index in [-0.39, 0.29) is 26.4 Å². The lowest BCUT2D eigenvalue weighted by molar-refractivity contribution is -0.119. The second-order valence-electron chi connectivity index (χ2n) is 7.78. The average molecular weight is 538 g/mol. The zero-order valence-corrected chi connectivity index (χ0v) is 20.8. The number of hydrogen-bond donors (Lipinski definition) is 1. The van der Waals surface area contributed by atoms with E-state index in [1.807, 2.05) is 0 Å². The van der Waals surface area contributed by atoms with Crippen molar-refractivity contribution in [3.05, 3.63) is 64.2 Å². The van der Waals surface area contributed by atoms with Crippen LogP contribution in [0.4, 0.5) is 9.52 Å². The molecule has 2 heterocycles. The molecule has 0 bridgehead atoms. The quantitative estimate of drug-likeness (QED) is 0.442. The Balaban J connectivity index is 1.37. The molecule has 1 aromatic heterocycles. The topological polar surface area (TPSA) is 106 Å². The van der Waals surface area contributed by atoms with Crippen molar-refractivity contribution in [2.24, 2.45) is 0 Å². The maximum Gasteiger partial charge on any atom is 0.338 e. The second-order valence-corrected chi connectivity index (χ2v) is 11.0. The fraction of sp³-hybridized carbons (Fsp3) is 0.261. The van der Waals surface area contributed by atoms with E-state index in [1.54, 1.807) is 17.5 Å². The van der Waals surface area contributed by atoms with E-state index in [2.05, 4.69) is 10.3 Å². The number of sulfonamides is 1. The van der Waals surface area contributed by atoms with Crippen LogP contribution in [-0.2, 0) is 19.6 Å². The van der Waals surface area contributed by atoms with Crippen LogP contribution in [0.5, 0.6) is 0 Å². The van der Waals surface area contributed by atoms with Gasteiger partial charge in [0.15, 0.2) is 11.7 Å². The third-order valence-electron chi connectivity index (χ3n) is 5.32. The Bertz CT molecular complexity index is 1340. The standard InChI is InChI=1S/C23H21ClFN3O5S2/c24-18-9-6-16(12-20(18)35(31,32)28-10-2-1-3-11-28)22(30)33-13-21(29)27-23-26-19(14-34-23)15-4-7-17(25)8-5-15/h4-9,12,14H,1-3,10-11,13H2,(H,26,27,29). The molecule has 12 heteroatoms. The van der Waals surface area contributed by atoms with Gasteiger partial charge in [-0.2, -0.15) is 4.31 Å². The maximum absolute atomic E-state index is 13.1. The number of nitrogens with one attached hydrogen (secondary N) is 1. The zero-order valence-electron chi connectivity index (χ0n) is 18.4. The Hall–Kier alpha value is -2.86. The number of nitrogens with zero attached hydrogens (tertiary/aromatic N) is 2. The highest BCUT2D eigenvalue weighted by molar-refractivity contribution is 7.89. The first-order valence-electron chi connectivity index (χ1n) is 10.7. The first kappa shape index (κ1) is 25.2. The molecule has 3 aromatic rings. The fourth-order valence-corrected chi connectivity index (χ4v) is 6.28. The van der Waals surface area contributed by atoms with Crippen molar-refractivity contribution in [2.45, 2.75) is 24.2 Å². The van der Waals surface area contributed by atoms with Crippen LogP contribution in [0.3, 0.4) is 0 Å². The molecule has 4 rings (SSSR count). The predicted octanol–water partition coefficient (Wildman–Crippen LogP) is 4.57. The first-order valence-corrected chi connectivity index (χ1v) is 13.4. The number of aromatic nitrogens is 1. The van der Waals surface area contributed by atoms with Crippen molar-refractivity contribution in [3.63, 3.8) is 0 Å². The number of esters is 1. The lowest BCUT2D eigenvalue weighted by Crippen LogP contribution is -2.35. The summed E-state index contributed by atoms with van der Waals surface area (Å²) in [7, 11) is -3.86. The molecule has 1 aliphatic rings. The molecule has 2 aromatic carbocycles. The highest BCUT2D eigenvalue weighted by Gasteiger charge is 2.29. The van der Waals surface area contributed by atoms with Gasteiger partial charge in [0.05, 0.1) is 16.3 Å². The second kappa shape index (κ2) is 10.8. The SMILES string of the molecule is O=C(COC(=O)c1ccc(Cl)c(S(=O)(=O)N2CCCCC2)c1)Nc1nc(-c2ccc(F)cc2)cs1. The third-order valence-corrected chi connectivity index (χ3v) is 8.46. The highest BCUT2D eigenvalue weighted by atomic mass is 35.5. The third kappa shape index (κ3) is 6.04. The van der Waals surface area contributed by atoms with Gasteiger partial charge in [0.25, 0.3) is 5.91 Å². The van der Waals surface area contributed by atoms with Gasteiger partial charge in [-0.3, -0.25) is 10.1 Å². The molecule has 0 radical (unpaired) electrons. The number of benzene rings is 2. The molecule has 0 atom stereocenters. The van der Waals surface area contributed by atoms with Crippen LogP contribution >= 0.6 is 22.9 Å². The summed E-state index contributed by atoms with van der Waals surface area (Å²) in [6.45, 7) is 0.196. The first-order chi connectivity index (χ1) is 16.7. The largest absolute Gasteiger partial charge is 0.452 e. The van der Waals surface area contributed by atoms with Crippen molar-refractivity contribution in [1.29, 1.82) is 0 Å². The molecule has 8 nitrogen and oxygen atoms in total. The van der Waals surface area contributed by atoms with Gasteiger partial charge in [0, 0.05) is 24.0 Å².